The maximum atomic E-state index is 12.7. The summed E-state index contributed by atoms with van der Waals surface area (Å²) in [5, 5.41) is 2.57. The minimum Gasteiger partial charge on any atom is -0.449 e. The fraction of sp³-hybridized carbons (Fsp3) is 0.292. The van der Waals surface area contributed by atoms with Gasteiger partial charge in [-0.1, -0.05) is 13.8 Å². The van der Waals surface area contributed by atoms with E-state index in [4.69, 9.17) is 10.5 Å². The van der Waals surface area contributed by atoms with E-state index in [1.807, 2.05) is 13.8 Å². The van der Waals surface area contributed by atoms with Crippen LogP contribution in [0.15, 0.2) is 42.5 Å². The number of rotatable bonds is 8. The van der Waals surface area contributed by atoms with Crippen molar-refractivity contribution >= 4 is 35.3 Å². The SMILES string of the molecule is CC(C)CCN1C(=O)c2ccc(C(=O)O[C@H](C)C(=O)Nc3ccc(C(N)=O)cc3)cc2C1=O. The third kappa shape index (κ3) is 5.25. The zero-order chi connectivity index (χ0) is 24.3. The highest BCUT2D eigenvalue weighted by Gasteiger charge is 2.36. The van der Waals surface area contributed by atoms with Gasteiger partial charge in [0.05, 0.1) is 16.7 Å². The van der Waals surface area contributed by atoms with Crippen LogP contribution in [0, 0.1) is 5.92 Å². The molecule has 1 heterocycles. The van der Waals surface area contributed by atoms with Gasteiger partial charge in [0.25, 0.3) is 17.7 Å². The Hall–Kier alpha value is -4.01. The average molecular weight is 451 g/mol. The van der Waals surface area contributed by atoms with Crippen LogP contribution in [0.5, 0.6) is 0 Å². The Balaban J connectivity index is 1.65. The molecule has 0 aromatic heterocycles. The number of esters is 1. The average Bonchev–Trinajstić information content (AvgIpc) is 3.01. The lowest BCUT2D eigenvalue weighted by Crippen LogP contribution is -2.31. The van der Waals surface area contributed by atoms with Gasteiger partial charge >= 0.3 is 5.97 Å². The topological polar surface area (TPSA) is 136 Å². The minimum absolute atomic E-state index is 0.0612. The number of hydrogen-bond acceptors (Lipinski definition) is 6. The van der Waals surface area contributed by atoms with Crippen LogP contribution in [0.3, 0.4) is 0 Å². The number of fused-ring (bicyclic) bond motifs is 1. The van der Waals surface area contributed by atoms with Crippen LogP contribution >= 0.6 is 0 Å². The van der Waals surface area contributed by atoms with Crippen LogP contribution in [0.1, 0.15) is 68.6 Å². The molecule has 1 aliphatic rings. The number of primary amides is 1. The minimum atomic E-state index is -1.14. The predicted octanol–water partition coefficient (Wildman–Crippen LogP) is 2.61. The van der Waals surface area contributed by atoms with Crippen LogP contribution in [-0.4, -0.2) is 47.1 Å². The summed E-state index contributed by atoms with van der Waals surface area (Å²) in [6.07, 6.45) is -0.459. The van der Waals surface area contributed by atoms with Gasteiger partial charge in [-0.3, -0.25) is 24.1 Å². The van der Waals surface area contributed by atoms with E-state index in [2.05, 4.69) is 5.32 Å². The Bertz CT molecular complexity index is 1120. The Morgan fingerprint density at radius 2 is 1.55 bits per heavy atom. The van der Waals surface area contributed by atoms with Gasteiger partial charge in [-0.15, -0.1) is 0 Å². The van der Waals surface area contributed by atoms with Crippen LogP contribution in [0.25, 0.3) is 0 Å². The Kier molecular flexibility index (Phi) is 6.91. The molecule has 2 aromatic rings. The van der Waals surface area contributed by atoms with Gasteiger partial charge in [0.1, 0.15) is 0 Å². The summed E-state index contributed by atoms with van der Waals surface area (Å²) in [6.45, 7) is 5.71. The van der Waals surface area contributed by atoms with Crippen molar-refractivity contribution in [3.05, 3.63) is 64.7 Å². The Morgan fingerprint density at radius 1 is 0.939 bits per heavy atom. The van der Waals surface area contributed by atoms with Crippen LogP contribution in [-0.2, 0) is 9.53 Å². The van der Waals surface area contributed by atoms with Crippen molar-refractivity contribution in [2.24, 2.45) is 11.7 Å². The van der Waals surface area contributed by atoms with Gasteiger partial charge in [-0.05, 0) is 61.7 Å². The zero-order valence-electron chi connectivity index (χ0n) is 18.6. The predicted molar refractivity (Wildman–Crippen MR) is 120 cm³/mol. The smallest absolute Gasteiger partial charge is 0.338 e. The molecule has 2 aromatic carbocycles. The molecule has 0 bridgehead atoms. The molecule has 0 spiro atoms. The highest BCUT2D eigenvalue weighted by molar-refractivity contribution is 6.22. The molecule has 3 N–H and O–H groups in total. The lowest BCUT2D eigenvalue weighted by Gasteiger charge is -2.14. The second kappa shape index (κ2) is 9.64. The van der Waals surface area contributed by atoms with Gasteiger partial charge in [-0.2, -0.15) is 0 Å². The van der Waals surface area contributed by atoms with E-state index in [0.29, 0.717) is 30.1 Å². The third-order valence-electron chi connectivity index (χ3n) is 5.23. The quantitative estimate of drug-likeness (QED) is 0.468. The summed E-state index contributed by atoms with van der Waals surface area (Å²) in [6, 6.07) is 10.1. The van der Waals surface area contributed by atoms with Crippen molar-refractivity contribution in [3.8, 4) is 0 Å². The molecule has 3 rings (SSSR count). The highest BCUT2D eigenvalue weighted by Crippen LogP contribution is 2.25. The first-order chi connectivity index (χ1) is 15.6. The van der Waals surface area contributed by atoms with Gasteiger partial charge in [0.2, 0.25) is 5.91 Å². The van der Waals surface area contributed by atoms with Gasteiger partial charge < -0.3 is 15.8 Å². The Labute approximate surface area is 190 Å². The molecule has 0 radical (unpaired) electrons. The van der Waals surface area contributed by atoms with E-state index in [-0.39, 0.29) is 22.6 Å². The number of amides is 4. The molecular weight excluding hydrogens is 426 g/mol. The van der Waals surface area contributed by atoms with E-state index < -0.39 is 29.8 Å². The molecule has 33 heavy (non-hydrogen) atoms. The van der Waals surface area contributed by atoms with Crippen LogP contribution < -0.4 is 11.1 Å². The lowest BCUT2D eigenvalue weighted by molar-refractivity contribution is -0.123. The molecule has 0 aliphatic carbocycles. The molecule has 1 atom stereocenters. The number of hydrogen-bond donors (Lipinski definition) is 2. The van der Waals surface area contributed by atoms with E-state index in [0.717, 1.165) is 0 Å². The molecule has 1 aliphatic heterocycles. The van der Waals surface area contributed by atoms with Crippen molar-refractivity contribution < 1.29 is 28.7 Å². The van der Waals surface area contributed by atoms with Crippen molar-refractivity contribution in [2.75, 3.05) is 11.9 Å². The third-order valence-corrected chi connectivity index (χ3v) is 5.23. The molecule has 9 nitrogen and oxygen atoms in total. The number of carbonyl (C=O) groups is 5. The van der Waals surface area contributed by atoms with E-state index in [9.17, 15) is 24.0 Å². The van der Waals surface area contributed by atoms with Crippen LogP contribution in [0.2, 0.25) is 0 Å². The molecule has 172 valence electrons. The summed E-state index contributed by atoms with van der Waals surface area (Å²) in [4.78, 5) is 62.4. The number of carbonyl (C=O) groups excluding carboxylic acids is 5. The lowest BCUT2D eigenvalue weighted by atomic mass is 10.1. The molecule has 0 fully saturated rings. The molecule has 0 saturated heterocycles. The number of ether oxygens (including phenoxy) is 1. The number of benzene rings is 2. The standard InChI is InChI=1S/C24H25N3O6/c1-13(2)10-11-27-22(30)18-9-6-16(12-19(18)23(27)31)24(32)33-14(3)21(29)26-17-7-4-15(5-8-17)20(25)28/h4-9,12-14H,10-11H2,1-3H3,(H2,25,28)(H,26,29)/t14-/m1/s1. The summed E-state index contributed by atoms with van der Waals surface area (Å²) < 4.78 is 5.23. The molecule has 0 saturated carbocycles. The van der Waals surface area contributed by atoms with Gasteiger partial charge in [0, 0.05) is 17.8 Å². The summed E-state index contributed by atoms with van der Waals surface area (Å²) >= 11 is 0. The summed E-state index contributed by atoms with van der Waals surface area (Å²) in [5.74, 6) is -2.48. The monoisotopic (exact) mass is 451 g/mol. The fourth-order valence-electron chi connectivity index (χ4n) is 3.25. The Morgan fingerprint density at radius 3 is 2.15 bits per heavy atom. The normalized spacial score (nSPS) is 13.6. The van der Waals surface area contributed by atoms with Gasteiger partial charge in [-0.25, -0.2) is 4.79 Å². The largest absolute Gasteiger partial charge is 0.449 e. The highest BCUT2D eigenvalue weighted by atomic mass is 16.5. The maximum absolute atomic E-state index is 12.7. The molecule has 4 amide bonds. The van der Waals surface area contributed by atoms with Crippen molar-refractivity contribution in [1.82, 2.24) is 4.90 Å². The van der Waals surface area contributed by atoms with Crippen molar-refractivity contribution in [3.63, 3.8) is 0 Å². The summed E-state index contributed by atoms with van der Waals surface area (Å²) in [5.41, 5.74) is 6.32. The molecule has 0 unspecified atom stereocenters. The first kappa shape index (κ1) is 23.6. The van der Waals surface area contributed by atoms with E-state index >= 15 is 0 Å². The van der Waals surface area contributed by atoms with Crippen LogP contribution in [0.4, 0.5) is 5.69 Å². The van der Waals surface area contributed by atoms with E-state index in [1.165, 1.54) is 54.3 Å². The summed E-state index contributed by atoms with van der Waals surface area (Å²) in [7, 11) is 0. The first-order valence-corrected chi connectivity index (χ1v) is 10.5. The van der Waals surface area contributed by atoms with Crippen molar-refractivity contribution in [2.45, 2.75) is 33.3 Å². The van der Waals surface area contributed by atoms with Gasteiger partial charge in [0.15, 0.2) is 6.10 Å². The number of nitrogens with two attached hydrogens (primary N) is 1. The second-order valence-corrected chi connectivity index (χ2v) is 8.18. The zero-order valence-corrected chi connectivity index (χ0v) is 18.6. The first-order valence-electron chi connectivity index (χ1n) is 10.5. The van der Waals surface area contributed by atoms with E-state index in [1.54, 1.807) is 0 Å². The fourth-order valence-corrected chi connectivity index (χ4v) is 3.25. The second-order valence-electron chi connectivity index (χ2n) is 8.18. The number of nitrogens with one attached hydrogen (secondary N) is 1. The maximum Gasteiger partial charge on any atom is 0.338 e. The molecular formula is C24H25N3O6. The number of anilines is 1. The van der Waals surface area contributed by atoms with Crippen molar-refractivity contribution in [1.29, 1.82) is 0 Å². The molecule has 9 heteroatoms. The number of nitrogens with zero attached hydrogens (tertiary/aromatic N) is 1. The number of imide groups is 1.